The highest BCUT2D eigenvalue weighted by Crippen LogP contribution is 2.30. The van der Waals surface area contributed by atoms with E-state index in [1.165, 1.54) is 6.07 Å². The fraction of sp³-hybridized carbons (Fsp3) is 0.538. The summed E-state index contributed by atoms with van der Waals surface area (Å²) in [5, 5.41) is 3.13. The number of likely N-dealkylation sites (tertiary alicyclic amines) is 1. The Balaban J connectivity index is 0.00000200. The second-order valence-electron chi connectivity index (χ2n) is 4.86. The normalized spacial score (nSPS) is 19.9. The lowest BCUT2D eigenvalue weighted by atomic mass is 10.1. The first-order chi connectivity index (χ1) is 8.88. The fourth-order valence-electron chi connectivity index (χ4n) is 2.38. The Bertz CT molecular complexity index is 450. The molecule has 0 amide bonds. The molecule has 1 unspecified atom stereocenters. The van der Waals surface area contributed by atoms with Gasteiger partial charge in [-0.3, -0.25) is 4.90 Å². The van der Waals surface area contributed by atoms with Crippen molar-refractivity contribution in [3.05, 3.63) is 35.1 Å². The highest BCUT2D eigenvalue weighted by Gasteiger charge is 2.31. The summed E-state index contributed by atoms with van der Waals surface area (Å²) in [6.45, 7) is 1.93. The van der Waals surface area contributed by atoms with Crippen molar-refractivity contribution >= 4 is 12.4 Å². The van der Waals surface area contributed by atoms with Crippen LogP contribution in [0.4, 0.5) is 17.6 Å². The van der Waals surface area contributed by atoms with Crippen molar-refractivity contribution in [3.8, 4) is 0 Å². The van der Waals surface area contributed by atoms with Gasteiger partial charge in [0.1, 0.15) is 5.82 Å². The second kappa shape index (κ2) is 6.74. The quantitative estimate of drug-likeness (QED) is 0.863. The van der Waals surface area contributed by atoms with Crippen LogP contribution in [0.2, 0.25) is 0 Å². The molecule has 0 spiro atoms. The molecule has 0 aliphatic carbocycles. The molecule has 1 heterocycles. The zero-order chi connectivity index (χ0) is 14.0. The van der Waals surface area contributed by atoms with Crippen LogP contribution >= 0.6 is 12.4 Å². The number of likely N-dealkylation sites (N-methyl/N-ethyl adjacent to an activating group) is 1. The summed E-state index contributed by atoms with van der Waals surface area (Å²) in [6, 6.07) is 3.08. The van der Waals surface area contributed by atoms with Gasteiger partial charge in [0.05, 0.1) is 5.56 Å². The van der Waals surface area contributed by atoms with E-state index < -0.39 is 17.6 Å². The molecule has 0 radical (unpaired) electrons. The lowest BCUT2D eigenvalue weighted by Crippen LogP contribution is -2.29. The number of nitrogens with one attached hydrogen (secondary N) is 1. The molecule has 1 fully saturated rings. The number of nitrogens with zero attached hydrogens (tertiary/aromatic N) is 1. The average Bonchev–Trinajstić information content (AvgIpc) is 2.75. The lowest BCUT2D eigenvalue weighted by Gasteiger charge is -2.17. The summed E-state index contributed by atoms with van der Waals surface area (Å²) in [7, 11) is 1.86. The van der Waals surface area contributed by atoms with Gasteiger partial charge in [-0.15, -0.1) is 12.4 Å². The van der Waals surface area contributed by atoms with Gasteiger partial charge in [-0.05, 0) is 37.2 Å². The average molecular weight is 313 g/mol. The van der Waals surface area contributed by atoms with Crippen molar-refractivity contribution in [1.29, 1.82) is 0 Å². The Morgan fingerprint density at radius 2 is 2.00 bits per heavy atom. The highest BCUT2D eigenvalue weighted by atomic mass is 35.5. The summed E-state index contributed by atoms with van der Waals surface area (Å²) < 4.78 is 51.0. The van der Waals surface area contributed by atoms with Gasteiger partial charge >= 0.3 is 6.18 Å². The minimum atomic E-state index is -4.50. The number of alkyl halides is 3. The third-order valence-corrected chi connectivity index (χ3v) is 3.37. The van der Waals surface area contributed by atoms with Crippen molar-refractivity contribution < 1.29 is 17.6 Å². The van der Waals surface area contributed by atoms with Crippen molar-refractivity contribution in [2.24, 2.45) is 0 Å². The molecule has 2 rings (SSSR count). The molecule has 1 N–H and O–H groups in total. The predicted octanol–water partition coefficient (Wildman–Crippen LogP) is 3.06. The van der Waals surface area contributed by atoms with Crippen LogP contribution in [0.5, 0.6) is 0 Å². The number of hydrogen-bond acceptors (Lipinski definition) is 2. The molecule has 1 saturated heterocycles. The van der Waals surface area contributed by atoms with Gasteiger partial charge in [0, 0.05) is 25.7 Å². The van der Waals surface area contributed by atoms with Crippen LogP contribution in [0.1, 0.15) is 17.5 Å². The maximum Gasteiger partial charge on any atom is 0.416 e. The van der Waals surface area contributed by atoms with Crippen LogP contribution in [0.25, 0.3) is 0 Å². The largest absolute Gasteiger partial charge is 0.416 e. The van der Waals surface area contributed by atoms with Crippen molar-refractivity contribution in [2.45, 2.75) is 25.2 Å². The predicted molar refractivity (Wildman–Crippen MR) is 71.4 cm³/mol. The minimum absolute atomic E-state index is 0. The van der Waals surface area contributed by atoms with E-state index in [-0.39, 0.29) is 12.4 Å². The van der Waals surface area contributed by atoms with Crippen LogP contribution in [0.15, 0.2) is 18.2 Å². The fourth-order valence-corrected chi connectivity index (χ4v) is 2.38. The van der Waals surface area contributed by atoms with Crippen LogP contribution in [-0.4, -0.2) is 31.1 Å². The van der Waals surface area contributed by atoms with E-state index in [4.69, 9.17) is 0 Å². The Hall–Kier alpha value is -0.850. The molecule has 1 aromatic carbocycles. The smallest absolute Gasteiger partial charge is 0.316 e. The topological polar surface area (TPSA) is 15.3 Å². The highest BCUT2D eigenvalue weighted by molar-refractivity contribution is 5.85. The third kappa shape index (κ3) is 4.33. The van der Waals surface area contributed by atoms with Crippen LogP contribution in [0.3, 0.4) is 0 Å². The molecular weight excluding hydrogens is 296 g/mol. The number of rotatable bonds is 3. The van der Waals surface area contributed by atoms with E-state index in [1.54, 1.807) is 0 Å². The monoisotopic (exact) mass is 312 g/mol. The van der Waals surface area contributed by atoms with Gasteiger partial charge < -0.3 is 5.32 Å². The van der Waals surface area contributed by atoms with Gasteiger partial charge in [0.25, 0.3) is 0 Å². The van der Waals surface area contributed by atoms with Crippen molar-refractivity contribution in [3.63, 3.8) is 0 Å². The summed E-state index contributed by atoms with van der Waals surface area (Å²) in [6.07, 6.45) is -3.55. The van der Waals surface area contributed by atoms with Gasteiger partial charge in [-0.2, -0.15) is 13.2 Å². The molecule has 0 aromatic heterocycles. The molecule has 0 bridgehead atoms. The molecule has 1 aliphatic heterocycles. The number of halogens is 5. The first-order valence-corrected chi connectivity index (χ1v) is 6.15. The molecule has 20 heavy (non-hydrogen) atoms. The SMILES string of the molecule is CNC1CCN(Cc2cc(F)cc(C(F)(F)F)c2)C1.Cl. The maximum absolute atomic E-state index is 13.2. The molecule has 1 aromatic rings. The number of hydrogen-bond donors (Lipinski definition) is 1. The maximum atomic E-state index is 13.2. The standard InChI is InChI=1S/C13H16F4N2.ClH/c1-18-12-2-3-19(8-12)7-9-4-10(13(15,16)17)6-11(14)5-9;/h4-6,12,18H,2-3,7-8H2,1H3;1H. The van der Waals surface area contributed by atoms with E-state index in [9.17, 15) is 17.6 Å². The summed E-state index contributed by atoms with van der Waals surface area (Å²) in [5.74, 6) is -0.839. The van der Waals surface area contributed by atoms with E-state index in [0.29, 0.717) is 24.2 Å². The minimum Gasteiger partial charge on any atom is -0.316 e. The summed E-state index contributed by atoms with van der Waals surface area (Å²) in [5.41, 5.74) is -0.559. The molecule has 0 saturated carbocycles. The van der Waals surface area contributed by atoms with Gasteiger partial charge in [-0.25, -0.2) is 4.39 Å². The molecule has 1 atom stereocenters. The van der Waals surface area contributed by atoms with Gasteiger partial charge in [-0.1, -0.05) is 0 Å². The molecule has 2 nitrogen and oxygen atoms in total. The third-order valence-electron chi connectivity index (χ3n) is 3.37. The molecular formula is C13H17ClF4N2. The van der Waals surface area contributed by atoms with Crippen LogP contribution in [0, 0.1) is 5.82 Å². The summed E-state index contributed by atoms with van der Waals surface area (Å²) in [4.78, 5) is 2.02. The Kier molecular flexibility index (Phi) is 5.79. The molecule has 114 valence electrons. The first kappa shape index (κ1) is 17.2. The number of benzene rings is 1. The summed E-state index contributed by atoms with van der Waals surface area (Å²) >= 11 is 0. The Morgan fingerprint density at radius 1 is 1.30 bits per heavy atom. The second-order valence-corrected chi connectivity index (χ2v) is 4.86. The van der Waals surface area contributed by atoms with E-state index in [2.05, 4.69) is 5.32 Å². The van der Waals surface area contributed by atoms with Crippen LogP contribution in [-0.2, 0) is 12.7 Å². The van der Waals surface area contributed by atoms with Gasteiger partial charge in [0.2, 0.25) is 0 Å². The van der Waals surface area contributed by atoms with E-state index >= 15 is 0 Å². The molecule has 7 heteroatoms. The first-order valence-electron chi connectivity index (χ1n) is 6.15. The van der Waals surface area contributed by atoms with Crippen LogP contribution < -0.4 is 5.32 Å². The van der Waals surface area contributed by atoms with Crippen molar-refractivity contribution in [2.75, 3.05) is 20.1 Å². The molecule has 1 aliphatic rings. The van der Waals surface area contributed by atoms with Gasteiger partial charge in [0.15, 0.2) is 0 Å². The van der Waals surface area contributed by atoms with E-state index in [0.717, 1.165) is 25.6 Å². The van der Waals surface area contributed by atoms with E-state index in [1.807, 2.05) is 11.9 Å². The Labute approximate surface area is 121 Å². The Morgan fingerprint density at radius 3 is 2.55 bits per heavy atom. The van der Waals surface area contributed by atoms with Crippen molar-refractivity contribution in [1.82, 2.24) is 10.2 Å². The lowest BCUT2D eigenvalue weighted by molar-refractivity contribution is -0.137. The zero-order valence-corrected chi connectivity index (χ0v) is 11.8. The zero-order valence-electron chi connectivity index (χ0n) is 11.0.